The van der Waals surface area contributed by atoms with E-state index < -0.39 is 0 Å². The third-order valence-electron chi connectivity index (χ3n) is 18.1. The Morgan fingerprint density at radius 1 is 0.295 bits per heavy atom. The Kier molecular flexibility index (Phi) is 14.9. The summed E-state index contributed by atoms with van der Waals surface area (Å²) in [6.45, 7) is 2.00. The van der Waals surface area contributed by atoms with Crippen LogP contribution in [0.15, 0.2) is 313 Å². The Morgan fingerprint density at radius 2 is 0.621 bits per heavy atom. The van der Waals surface area contributed by atoms with Crippen LogP contribution in [0, 0.1) is 0 Å². The molecule has 0 amide bonds. The highest BCUT2D eigenvalue weighted by Gasteiger charge is 2.22. The van der Waals surface area contributed by atoms with Crippen LogP contribution in [-0.4, -0.2) is 25.9 Å². The zero-order valence-electron chi connectivity index (χ0n) is 51.3. The fourth-order valence-electron chi connectivity index (χ4n) is 13.5. The number of hydrogen-bond acceptors (Lipinski definition) is 9. The highest BCUT2D eigenvalue weighted by molar-refractivity contribution is 9.10. The highest BCUT2D eigenvalue weighted by atomic mass is 79.9. The van der Waals surface area contributed by atoms with Gasteiger partial charge in [-0.25, -0.2) is 0 Å². The molecule has 0 spiro atoms. The van der Waals surface area contributed by atoms with Crippen LogP contribution >= 0.6 is 15.9 Å². The van der Waals surface area contributed by atoms with Gasteiger partial charge in [0.25, 0.3) is 0 Å². The normalized spacial score (nSPS) is 12.3. The van der Waals surface area contributed by atoms with Gasteiger partial charge in [0.15, 0.2) is 0 Å². The van der Waals surface area contributed by atoms with Crippen molar-refractivity contribution >= 4 is 167 Å². The summed E-state index contributed by atoms with van der Waals surface area (Å²) in [7, 11) is 0.722. The number of furan rings is 4. The molecule has 1 radical (unpaired) electrons. The molecule has 1 N–H and O–H groups in total. The van der Waals surface area contributed by atoms with Crippen LogP contribution < -0.4 is 14.5 Å². The van der Waals surface area contributed by atoms with Gasteiger partial charge in [-0.3, -0.25) is 0 Å². The first-order valence-electron chi connectivity index (χ1n) is 31.8. The van der Waals surface area contributed by atoms with Crippen molar-refractivity contribution in [3.05, 3.63) is 296 Å². The van der Waals surface area contributed by atoms with Crippen molar-refractivity contribution in [3.8, 4) is 28.0 Å². The highest BCUT2D eigenvalue weighted by Crippen LogP contribution is 2.47. The SMILES string of the molecule is Brc1ccc(N(c2ccc(-c3ccc4oc5ccccc5c4c3)cc2)c2ccc3oc4ccccc4c3c2)c2ccccc12.C1CCOC1.O[B]Oc1ccc(N(c2ccc(-c3ccc4oc5ccccc5c4c3)cc2)c2ccc3oc4ccccc4c3c2)c2ccccc12. The first-order chi connectivity index (χ1) is 47.0. The van der Waals surface area contributed by atoms with Gasteiger partial charge in [0.05, 0.1) is 11.4 Å². The smallest absolute Gasteiger partial charge is 0.537 e. The zero-order valence-corrected chi connectivity index (χ0v) is 52.9. The largest absolute Gasteiger partial charge is 0.569 e. The summed E-state index contributed by atoms with van der Waals surface area (Å²) in [6.07, 6.45) is 2.56. The molecule has 0 saturated carbocycles. The third kappa shape index (κ3) is 10.7. The number of halogens is 1. The molecule has 9 nitrogen and oxygen atoms in total. The fraction of sp³-hybridized carbons (Fsp3) is 0.0476. The van der Waals surface area contributed by atoms with Crippen molar-refractivity contribution in [2.24, 2.45) is 0 Å². The van der Waals surface area contributed by atoms with Crippen molar-refractivity contribution in [3.63, 3.8) is 0 Å². The first kappa shape index (κ1) is 57.6. The van der Waals surface area contributed by atoms with Crippen molar-refractivity contribution in [1.29, 1.82) is 0 Å². The number of anilines is 6. The van der Waals surface area contributed by atoms with Crippen molar-refractivity contribution in [1.82, 2.24) is 0 Å². The Morgan fingerprint density at radius 3 is 1.03 bits per heavy atom. The summed E-state index contributed by atoms with van der Waals surface area (Å²) in [4.78, 5) is 4.60. The van der Waals surface area contributed by atoms with Gasteiger partial charge in [-0.15, -0.1) is 0 Å². The molecule has 19 rings (SSSR count). The maximum Gasteiger partial charge on any atom is 0.569 e. The van der Waals surface area contributed by atoms with E-state index in [0.717, 1.165) is 180 Å². The lowest BCUT2D eigenvalue weighted by Crippen LogP contribution is -2.11. The van der Waals surface area contributed by atoms with Crippen LogP contribution in [0.25, 0.3) is 132 Å². The minimum Gasteiger partial charge on any atom is -0.537 e. The molecule has 0 aliphatic carbocycles. The maximum atomic E-state index is 9.43. The molecule has 1 fully saturated rings. The van der Waals surface area contributed by atoms with Crippen molar-refractivity contribution < 1.29 is 32.1 Å². The lowest BCUT2D eigenvalue weighted by Gasteiger charge is -2.27. The Hall–Kier alpha value is -11.3. The Balaban J connectivity index is 0.000000134. The molecular weight excluding hydrogens is 1240 g/mol. The van der Waals surface area contributed by atoms with Gasteiger partial charge >= 0.3 is 7.69 Å². The molecule has 455 valence electrons. The second-order valence-corrected chi connectivity index (χ2v) is 24.6. The third-order valence-corrected chi connectivity index (χ3v) is 18.8. The molecule has 4 aromatic heterocycles. The molecule has 1 saturated heterocycles. The fourth-order valence-corrected chi connectivity index (χ4v) is 14.0. The molecule has 11 heteroatoms. The van der Waals surface area contributed by atoms with Crippen LogP contribution in [0.3, 0.4) is 0 Å². The molecule has 1 aliphatic rings. The minimum atomic E-state index is 0.579. The summed E-state index contributed by atoms with van der Waals surface area (Å²) in [6, 6.07) is 101. The summed E-state index contributed by atoms with van der Waals surface area (Å²) in [5, 5.41) is 22.5. The second kappa shape index (κ2) is 24.6. The number of ether oxygens (including phenoxy) is 1. The molecule has 0 bridgehead atoms. The number of fused-ring (bicyclic) bond motifs is 14. The van der Waals surface area contributed by atoms with Gasteiger partial charge in [-0.2, -0.15) is 0 Å². The Labute approximate surface area is 555 Å². The van der Waals surface area contributed by atoms with Crippen LogP contribution in [0.4, 0.5) is 34.1 Å². The van der Waals surface area contributed by atoms with E-state index in [1.54, 1.807) is 0 Å². The summed E-state index contributed by atoms with van der Waals surface area (Å²) < 4.78 is 36.0. The van der Waals surface area contributed by atoms with E-state index >= 15 is 0 Å². The molecule has 0 atom stereocenters. The van der Waals surface area contributed by atoms with E-state index in [0.29, 0.717) is 5.75 Å². The topological polar surface area (TPSA) is 97.7 Å². The number of hydrogen-bond donors (Lipinski definition) is 1. The molecular formula is C84H57BBrN2O7. The standard InChI is InChI=1S/C40H25BNO4.C40H24BrNO2.C4H8O/c43-41-46-40-22-19-35(29-7-1-2-8-30(29)40)42(28-18-21-39-34(24-28)32-10-4-6-12-37(32)45-39)27-16-13-25(14-17-27)26-15-20-38-33(23-26)31-9-3-5-11-36(31)44-38;41-35-19-20-36(30-8-2-1-7-29(30)35)42(28-18-22-40-34(24-28)32-10-4-6-12-38(32)44-40)27-16-13-25(14-17-27)26-15-21-39-33(23-26)31-9-3-5-11-37(31)43-39;1-2-4-5-3-1/h1-24,43H;1-24H;1-4H2. The van der Waals surface area contributed by atoms with Crippen molar-refractivity contribution in [2.45, 2.75) is 12.8 Å². The summed E-state index contributed by atoms with van der Waals surface area (Å²) in [5.41, 5.74) is 17.8. The van der Waals surface area contributed by atoms with E-state index in [-0.39, 0.29) is 0 Å². The van der Waals surface area contributed by atoms with E-state index in [9.17, 15) is 5.02 Å². The average molecular weight is 1300 g/mol. The first-order valence-corrected chi connectivity index (χ1v) is 32.6. The van der Waals surface area contributed by atoms with E-state index in [1.165, 1.54) is 23.6 Å². The van der Waals surface area contributed by atoms with Crippen LogP contribution in [0.1, 0.15) is 12.8 Å². The number of nitrogens with zero attached hydrogens (tertiary/aromatic N) is 2. The Bertz CT molecular complexity index is 5900. The monoisotopic (exact) mass is 1300 g/mol. The quantitative estimate of drug-likeness (QED) is 0.134. The lowest BCUT2D eigenvalue weighted by molar-refractivity contribution is 0.198. The predicted octanol–water partition coefficient (Wildman–Crippen LogP) is 24.0. The van der Waals surface area contributed by atoms with Crippen LogP contribution in [-0.2, 0) is 4.74 Å². The lowest BCUT2D eigenvalue weighted by atomic mass is 10.0. The van der Waals surface area contributed by atoms with Crippen LogP contribution in [0.5, 0.6) is 5.75 Å². The van der Waals surface area contributed by atoms with E-state index in [1.807, 2.05) is 97.1 Å². The number of para-hydroxylation sites is 4. The maximum absolute atomic E-state index is 9.43. The van der Waals surface area contributed by atoms with Gasteiger partial charge in [0.2, 0.25) is 0 Å². The molecule has 0 unspecified atom stereocenters. The van der Waals surface area contributed by atoms with Gasteiger partial charge in [0, 0.05) is 99.7 Å². The molecule has 95 heavy (non-hydrogen) atoms. The molecule has 14 aromatic carbocycles. The van der Waals surface area contributed by atoms with Crippen molar-refractivity contribution in [2.75, 3.05) is 23.0 Å². The minimum absolute atomic E-state index is 0.579. The van der Waals surface area contributed by atoms with Crippen LogP contribution in [0.2, 0.25) is 0 Å². The van der Waals surface area contributed by atoms with E-state index in [4.69, 9.17) is 27.1 Å². The van der Waals surface area contributed by atoms with Gasteiger partial charge in [-0.1, -0.05) is 174 Å². The zero-order chi connectivity index (χ0) is 63.3. The molecule has 1 aliphatic heterocycles. The number of rotatable bonds is 10. The molecule has 5 heterocycles. The van der Waals surface area contributed by atoms with Gasteiger partial charge in [0.1, 0.15) is 50.4 Å². The average Bonchev–Trinajstić information content (AvgIpc) is 1.73. The van der Waals surface area contributed by atoms with E-state index in [2.05, 4.69) is 220 Å². The van der Waals surface area contributed by atoms with Gasteiger partial charge < -0.3 is 41.9 Å². The van der Waals surface area contributed by atoms with Gasteiger partial charge in [-0.05, 0) is 174 Å². The number of benzene rings is 14. The molecule has 18 aromatic rings. The summed E-state index contributed by atoms with van der Waals surface area (Å²) in [5.74, 6) is 0.579. The second-order valence-electron chi connectivity index (χ2n) is 23.7. The predicted molar refractivity (Wildman–Crippen MR) is 394 cm³/mol. The summed E-state index contributed by atoms with van der Waals surface area (Å²) >= 11 is 3.77.